The van der Waals surface area contributed by atoms with Crippen LogP contribution in [0.25, 0.3) is 0 Å². The molecular formula is C17H25N3O3S. The van der Waals surface area contributed by atoms with E-state index < -0.39 is 4.92 Å². The molecule has 1 heterocycles. The molecule has 1 aliphatic heterocycles. The number of nitro groups is 1. The largest absolute Gasteiger partial charge is 0.336 e. The third-order valence-electron chi connectivity index (χ3n) is 4.15. The Kier molecular flexibility index (Phi) is 6.62. The molecule has 0 spiro atoms. The number of rotatable bonds is 6. The molecule has 1 saturated heterocycles. The van der Waals surface area contributed by atoms with E-state index in [1.807, 2.05) is 7.05 Å². The minimum Gasteiger partial charge on any atom is -0.336 e. The molecule has 0 N–H and O–H groups in total. The molecule has 0 saturated carbocycles. The number of carbonyl (C=O) groups is 1. The Morgan fingerprint density at radius 2 is 1.96 bits per heavy atom. The van der Waals surface area contributed by atoms with E-state index in [4.69, 9.17) is 0 Å². The van der Waals surface area contributed by atoms with E-state index in [2.05, 4.69) is 18.7 Å². The molecule has 6 nitrogen and oxygen atoms in total. The normalized spacial score (nSPS) is 15.8. The molecule has 0 bridgehead atoms. The number of nitrogens with zero attached hydrogens (tertiary/aromatic N) is 3. The van der Waals surface area contributed by atoms with Gasteiger partial charge < -0.3 is 9.80 Å². The Morgan fingerprint density at radius 1 is 1.29 bits per heavy atom. The summed E-state index contributed by atoms with van der Waals surface area (Å²) >= 11 is 1.49. The zero-order chi connectivity index (χ0) is 17.7. The molecule has 24 heavy (non-hydrogen) atoms. The zero-order valence-corrected chi connectivity index (χ0v) is 15.3. The Labute approximate surface area is 147 Å². The molecule has 0 radical (unpaired) electrons. The van der Waals surface area contributed by atoms with E-state index in [0.717, 1.165) is 25.3 Å². The minimum absolute atomic E-state index is 0.0312. The highest BCUT2D eigenvalue weighted by molar-refractivity contribution is 7.99. The average molecular weight is 351 g/mol. The van der Waals surface area contributed by atoms with Gasteiger partial charge in [-0.15, -0.1) is 11.8 Å². The molecule has 1 aliphatic rings. The molecule has 132 valence electrons. The average Bonchev–Trinajstić information content (AvgIpc) is 2.54. The first-order chi connectivity index (χ1) is 11.4. The first-order valence-corrected chi connectivity index (χ1v) is 9.26. The zero-order valence-electron chi connectivity index (χ0n) is 14.5. The molecule has 1 aromatic rings. The van der Waals surface area contributed by atoms with Crippen molar-refractivity contribution in [2.75, 3.05) is 39.0 Å². The lowest BCUT2D eigenvalue weighted by Gasteiger charge is -2.32. The lowest BCUT2D eigenvalue weighted by atomic mass is 10.1. The van der Waals surface area contributed by atoms with Crippen molar-refractivity contribution in [1.29, 1.82) is 0 Å². The van der Waals surface area contributed by atoms with Crippen molar-refractivity contribution in [3.05, 3.63) is 33.9 Å². The van der Waals surface area contributed by atoms with Gasteiger partial charge in [-0.2, -0.15) is 0 Å². The number of hydrogen-bond donors (Lipinski definition) is 0. The van der Waals surface area contributed by atoms with Gasteiger partial charge in [0.1, 0.15) is 0 Å². The van der Waals surface area contributed by atoms with E-state index in [-0.39, 0.29) is 11.6 Å². The lowest BCUT2D eigenvalue weighted by Crippen LogP contribution is -2.47. The predicted molar refractivity (Wildman–Crippen MR) is 96.7 cm³/mol. The van der Waals surface area contributed by atoms with Gasteiger partial charge in [0.25, 0.3) is 11.6 Å². The van der Waals surface area contributed by atoms with Crippen molar-refractivity contribution in [3.63, 3.8) is 0 Å². The third kappa shape index (κ3) is 4.95. The topological polar surface area (TPSA) is 66.7 Å². The first kappa shape index (κ1) is 18.7. The number of benzene rings is 1. The second-order valence-corrected chi connectivity index (χ2v) is 7.70. The Morgan fingerprint density at radius 3 is 2.54 bits per heavy atom. The summed E-state index contributed by atoms with van der Waals surface area (Å²) in [7, 11) is 2.02. The van der Waals surface area contributed by atoms with Crippen LogP contribution in [0.1, 0.15) is 30.6 Å². The van der Waals surface area contributed by atoms with Crippen molar-refractivity contribution >= 4 is 23.4 Å². The highest BCUT2D eigenvalue weighted by Crippen LogP contribution is 2.31. The SMILES string of the molecule is CC(C)CCSc1ccc(C(=O)N2CCN(C)CC2)cc1[N+](=O)[O-]. The van der Waals surface area contributed by atoms with Crippen molar-refractivity contribution in [2.45, 2.75) is 25.2 Å². The number of likely N-dealkylation sites (N-methyl/N-ethyl adjacent to an activating group) is 1. The Balaban J connectivity index is 2.12. The number of amides is 1. The van der Waals surface area contributed by atoms with Crippen LogP contribution in [0.3, 0.4) is 0 Å². The molecule has 1 amide bonds. The van der Waals surface area contributed by atoms with Crippen LogP contribution in [0.2, 0.25) is 0 Å². The summed E-state index contributed by atoms with van der Waals surface area (Å²) < 4.78 is 0. The summed E-state index contributed by atoms with van der Waals surface area (Å²) in [6.45, 7) is 7.25. The summed E-state index contributed by atoms with van der Waals surface area (Å²) in [6, 6.07) is 4.86. The molecular weight excluding hydrogens is 326 g/mol. The molecule has 0 atom stereocenters. The number of thioether (sulfide) groups is 1. The molecule has 1 aromatic carbocycles. The van der Waals surface area contributed by atoms with Gasteiger partial charge >= 0.3 is 0 Å². The van der Waals surface area contributed by atoms with Crippen LogP contribution < -0.4 is 0 Å². The Hall–Kier alpha value is -1.60. The first-order valence-electron chi connectivity index (χ1n) is 8.27. The number of nitro benzene ring substituents is 1. The van der Waals surface area contributed by atoms with Gasteiger partial charge in [-0.05, 0) is 37.3 Å². The van der Waals surface area contributed by atoms with Gasteiger partial charge in [-0.25, -0.2) is 0 Å². The smallest absolute Gasteiger partial charge is 0.283 e. The van der Waals surface area contributed by atoms with Crippen LogP contribution in [0, 0.1) is 16.0 Å². The van der Waals surface area contributed by atoms with Crippen LogP contribution in [-0.4, -0.2) is 59.6 Å². The van der Waals surface area contributed by atoms with Crippen LogP contribution in [0.5, 0.6) is 0 Å². The summed E-state index contributed by atoms with van der Waals surface area (Å²) in [4.78, 5) is 28.1. The molecule has 0 aliphatic carbocycles. The summed E-state index contributed by atoms with van der Waals surface area (Å²) in [5, 5.41) is 11.4. The minimum atomic E-state index is -0.390. The van der Waals surface area contributed by atoms with E-state index >= 15 is 0 Å². The fourth-order valence-corrected chi connectivity index (χ4v) is 3.77. The van der Waals surface area contributed by atoms with Gasteiger partial charge in [-0.1, -0.05) is 13.8 Å². The quantitative estimate of drug-likeness (QED) is 0.447. The van der Waals surface area contributed by atoms with Crippen molar-refractivity contribution in [2.24, 2.45) is 5.92 Å². The standard InChI is InChI=1S/C17H25N3O3S/c1-13(2)6-11-24-16-5-4-14(12-15(16)20(22)23)17(21)19-9-7-18(3)8-10-19/h4-5,12-13H,6-11H2,1-3H3. The number of piperazine rings is 1. The van der Waals surface area contributed by atoms with Crippen molar-refractivity contribution < 1.29 is 9.72 Å². The van der Waals surface area contributed by atoms with Crippen molar-refractivity contribution in [1.82, 2.24) is 9.80 Å². The molecule has 7 heteroatoms. The monoisotopic (exact) mass is 351 g/mol. The number of hydrogen-bond acceptors (Lipinski definition) is 5. The maximum atomic E-state index is 12.6. The van der Waals surface area contributed by atoms with Gasteiger partial charge in [0.15, 0.2) is 0 Å². The van der Waals surface area contributed by atoms with Gasteiger partial charge in [0, 0.05) is 37.8 Å². The van der Waals surface area contributed by atoms with E-state index in [1.54, 1.807) is 17.0 Å². The highest BCUT2D eigenvalue weighted by Gasteiger charge is 2.23. The van der Waals surface area contributed by atoms with Crippen LogP contribution in [0.4, 0.5) is 5.69 Å². The predicted octanol–water partition coefficient (Wildman–Crippen LogP) is 3.12. The van der Waals surface area contributed by atoms with Crippen LogP contribution >= 0.6 is 11.8 Å². The van der Waals surface area contributed by atoms with Gasteiger partial charge in [-0.3, -0.25) is 14.9 Å². The van der Waals surface area contributed by atoms with Gasteiger partial charge in [0.2, 0.25) is 0 Å². The summed E-state index contributed by atoms with van der Waals surface area (Å²) in [5.41, 5.74) is 0.434. The summed E-state index contributed by atoms with van der Waals surface area (Å²) in [5.74, 6) is 1.28. The maximum absolute atomic E-state index is 12.6. The Bertz CT molecular complexity index is 599. The van der Waals surface area contributed by atoms with Crippen molar-refractivity contribution in [3.8, 4) is 0 Å². The second kappa shape index (κ2) is 8.48. The summed E-state index contributed by atoms with van der Waals surface area (Å²) in [6.07, 6.45) is 1.00. The second-order valence-electron chi connectivity index (χ2n) is 6.57. The molecule has 0 aromatic heterocycles. The fraction of sp³-hybridized carbons (Fsp3) is 0.588. The maximum Gasteiger partial charge on any atom is 0.283 e. The van der Waals surface area contributed by atoms with E-state index in [1.165, 1.54) is 17.8 Å². The molecule has 2 rings (SSSR count). The van der Waals surface area contributed by atoms with Crippen LogP contribution in [-0.2, 0) is 0 Å². The third-order valence-corrected chi connectivity index (χ3v) is 5.24. The molecule has 0 unspecified atom stereocenters. The fourth-order valence-electron chi connectivity index (χ4n) is 2.51. The molecule has 1 fully saturated rings. The lowest BCUT2D eigenvalue weighted by molar-refractivity contribution is -0.387. The number of carbonyl (C=O) groups excluding carboxylic acids is 1. The highest BCUT2D eigenvalue weighted by atomic mass is 32.2. The van der Waals surface area contributed by atoms with Crippen LogP contribution in [0.15, 0.2) is 23.1 Å². The van der Waals surface area contributed by atoms with E-state index in [9.17, 15) is 14.9 Å². The van der Waals surface area contributed by atoms with E-state index in [0.29, 0.717) is 29.5 Å². The van der Waals surface area contributed by atoms with Gasteiger partial charge in [0.05, 0.1) is 9.82 Å².